The van der Waals surface area contributed by atoms with Crippen molar-refractivity contribution in [3.63, 3.8) is 0 Å². The number of sulfone groups is 1. The topological polar surface area (TPSA) is 194 Å². The average Bonchev–Trinajstić information content (AvgIpc) is 3.97. The quantitative estimate of drug-likeness (QED) is 0.179. The van der Waals surface area contributed by atoms with Crippen molar-refractivity contribution >= 4 is 39.4 Å². The summed E-state index contributed by atoms with van der Waals surface area (Å²) in [5, 5.41) is 8.66. The third-order valence-electron chi connectivity index (χ3n) is 12.1. The van der Waals surface area contributed by atoms with Gasteiger partial charge < -0.3 is 31.3 Å². The van der Waals surface area contributed by atoms with Gasteiger partial charge in [-0.25, -0.2) is 13.2 Å². The van der Waals surface area contributed by atoms with Gasteiger partial charge in [-0.05, 0) is 78.2 Å². The lowest BCUT2D eigenvalue weighted by Gasteiger charge is -2.49. The van der Waals surface area contributed by atoms with Crippen LogP contribution < -0.4 is 26.4 Å². The average molecular weight is 808 g/mol. The molecule has 3 fully saturated rings. The minimum absolute atomic E-state index is 0.0188. The number of carbonyl (C=O) groups excluding carboxylic acids is 5. The van der Waals surface area contributed by atoms with Crippen molar-refractivity contribution in [1.82, 2.24) is 20.9 Å². The molecule has 3 aliphatic rings. The zero-order chi connectivity index (χ0) is 41.8. The number of amides is 5. The fourth-order valence-corrected chi connectivity index (χ4v) is 9.81. The SMILES string of the molecule is CC1CN(C(=O)[C@@H](NC(=O)NC2(CS(=O)(=O)c3ccc(OCc4ccccc4)cc3)CCCCC2)C(C)(C)C)[C@H](C(=O)NC(CC2CC2)C(=O)C(N)=O)CC1(C)C. The van der Waals surface area contributed by atoms with Gasteiger partial charge in [0, 0.05) is 6.54 Å². The largest absolute Gasteiger partial charge is 0.489 e. The first kappa shape index (κ1) is 43.7. The third kappa shape index (κ3) is 11.4. The van der Waals surface area contributed by atoms with Crippen LogP contribution >= 0.6 is 0 Å². The number of urea groups is 1. The van der Waals surface area contributed by atoms with Crippen LogP contribution in [-0.2, 0) is 35.6 Å². The summed E-state index contributed by atoms with van der Waals surface area (Å²) >= 11 is 0. The number of hydrogen-bond donors (Lipinski definition) is 4. The Morgan fingerprint density at radius 3 is 2.14 bits per heavy atom. The van der Waals surface area contributed by atoms with Gasteiger partial charge in [0.2, 0.25) is 17.6 Å². The third-order valence-corrected chi connectivity index (χ3v) is 14.0. The molecule has 13 nitrogen and oxygen atoms in total. The first-order valence-electron chi connectivity index (χ1n) is 20.2. The Hall–Kier alpha value is -4.46. The van der Waals surface area contributed by atoms with E-state index in [0.29, 0.717) is 31.6 Å². The van der Waals surface area contributed by atoms with E-state index in [1.54, 1.807) is 12.1 Å². The van der Waals surface area contributed by atoms with E-state index in [2.05, 4.69) is 16.0 Å². The molecule has 312 valence electrons. The Balaban J connectivity index is 1.32. The van der Waals surface area contributed by atoms with Crippen LogP contribution in [0.15, 0.2) is 59.5 Å². The molecule has 1 heterocycles. The number of nitrogens with two attached hydrogens (primary N) is 1. The maximum absolute atomic E-state index is 14.7. The molecular weight excluding hydrogens is 747 g/mol. The van der Waals surface area contributed by atoms with E-state index in [1.165, 1.54) is 17.0 Å². The summed E-state index contributed by atoms with van der Waals surface area (Å²) in [5.74, 6) is -2.62. The first-order chi connectivity index (χ1) is 26.7. The number of hydrogen-bond acceptors (Lipinski definition) is 8. The Labute approximate surface area is 337 Å². The molecule has 4 atom stereocenters. The molecule has 5 amide bonds. The summed E-state index contributed by atoms with van der Waals surface area (Å²) in [6.07, 6.45) is 5.61. The minimum atomic E-state index is -3.87. The van der Waals surface area contributed by atoms with Gasteiger partial charge in [0.05, 0.1) is 22.2 Å². The number of ether oxygens (including phenoxy) is 1. The zero-order valence-electron chi connectivity index (χ0n) is 34.3. The van der Waals surface area contributed by atoms with Gasteiger partial charge in [-0.3, -0.25) is 19.2 Å². The van der Waals surface area contributed by atoms with Crippen molar-refractivity contribution in [2.24, 2.45) is 28.4 Å². The Bertz CT molecular complexity index is 1880. The molecule has 2 saturated carbocycles. The summed E-state index contributed by atoms with van der Waals surface area (Å²) < 4.78 is 33.7. The van der Waals surface area contributed by atoms with Crippen LogP contribution in [0.1, 0.15) is 105 Å². The molecule has 0 aromatic heterocycles. The normalized spacial score (nSPS) is 21.7. The molecule has 0 spiro atoms. The highest BCUT2D eigenvalue weighted by Crippen LogP contribution is 2.40. The lowest BCUT2D eigenvalue weighted by molar-refractivity contribution is -0.151. The predicted octanol–water partition coefficient (Wildman–Crippen LogP) is 5.06. The second kappa shape index (κ2) is 17.6. The first-order valence-corrected chi connectivity index (χ1v) is 21.9. The maximum atomic E-state index is 14.7. The lowest BCUT2D eigenvalue weighted by Crippen LogP contribution is -2.66. The Morgan fingerprint density at radius 1 is 0.930 bits per heavy atom. The highest BCUT2D eigenvalue weighted by atomic mass is 32.2. The number of carbonyl (C=O) groups is 5. The van der Waals surface area contributed by atoms with E-state index < -0.39 is 68.5 Å². The fourth-order valence-electron chi connectivity index (χ4n) is 8.00. The molecule has 1 saturated heterocycles. The number of Topliss-reactive ketones (excluding diaryl/α,β-unsaturated/α-hetero) is 1. The predicted molar refractivity (Wildman–Crippen MR) is 217 cm³/mol. The van der Waals surface area contributed by atoms with Crippen LogP contribution in [0.25, 0.3) is 0 Å². The molecule has 57 heavy (non-hydrogen) atoms. The molecular formula is C43H61N5O8S. The van der Waals surface area contributed by atoms with Gasteiger partial charge in [-0.15, -0.1) is 0 Å². The molecule has 5 N–H and O–H groups in total. The number of nitrogens with one attached hydrogen (secondary N) is 3. The van der Waals surface area contributed by atoms with Crippen molar-refractivity contribution in [2.75, 3.05) is 12.3 Å². The second-order valence-electron chi connectivity index (χ2n) is 18.3. The Kier molecular flexibility index (Phi) is 13.5. The summed E-state index contributed by atoms with van der Waals surface area (Å²) in [6.45, 7) is 12.0. The van der Waals surface area contributed by atoms with Crippen LogP contribution in [-0.4, -0.2) is 78.8 Å². The maximum Gasteiger partial charge on any atom is 0.315 e. The van der Waals surface area contributed by atoms with Gasteiger partial charge in [0.15, 0.2) is 9.84 Å². The molecule has 2 aromatic rings. The molecule has 5 rings (SSSR count). The second-order valence-corrected chi connectivity index (χ2v) is 20.3. The number of benzene rings is 2. The number of ketones is 1. The number of likely N-dealkylation sites (tertiary alicyclic amines) is 1. The lowest BCUT2D eigenvalue weighted by atomic mass is 9.71. The van der Waals surface area contributed by atoms with Crippen molar-refractivity contribution < 1.29 is 37.1 Å². The van der Waals surface area contributed by atoms with E-state index in [4.69, 9.17) is 10.5 Å². The molecule has 0 radical (unpaired) electrons. The standard InChI is InChI=1S/C43H61N5O8S/c1-28-25-48(34(24-42(28,5)6)38(51)45-33(23-29-15-16-29)35(49)37(44)50)39(52)36(41(2,3)4)46-40(53)47-43(21-11-8-12-22-43)27-57(54,55)32-19-17-31(18-20-32)56-26-30-13-9-7-10-14-30/h7,9-10,13-14,17-20,28-29,33-34,36H,8,11-12,15-16,21-27H2,1-6H3,(H2,44,50)(H,45,51)(H2,46,47,53)/t28?,33?,34-,36+/m0/s1. The molecule has 2 unspecified atom stereocenters. The smallest absolute Gasteiger partial charge is 0.315 e. The van der Waals surface area contributed by atoms with Crippen LogP contribution in [0.5, 0.6) is 5.75 Å². The van der Waals surface area contributed by atoms with Crippen molar-refractivity contribution in [2.45, 2.75) is 134 Å². The highest BCUT2D eigenvalue weighted by molar-refractivity contribution is 7.91. The van der Waals surface area contributed by atoms with E-state index >= 15 is 0 Å². The van der Waals surface area contributed by atoms with E-state index in [1.807, 2.05) is 71.9 Å². The van der Waals surface area contributed by atoms with Gasteiger partial charge in [-0.1, -0.05) is 104 Å². The Morgan fingerprint density at radius 2 is 1.56 bits per heavy atom. The van der Waals surface area contributed by atoms with Crippen LogP contribution in [0.3, 0.4) is 0 Å². The van der Waals surface area contributed by atoms with Crippen LogP contribution in [0, 0.1) is 22.7 Å². The fraction of sp³-hybridized carbons (Fsp3) is 0.605. The monoisotopic (exact) mass is 807 g/mol. The number of piperidine rings is 1. The summed E-state index contributed by atoms with van der Waals surface area (Å²) in [6, 6.07) is 12.1. The minimum Gasteiger partial charge on any atom is -0.489 e. The van der Waals surface area contributed by atoms with Gasteiger partial charge in [0.1, 0.15) is 24.4 Å². The molecule has 2 aromatic carbocycles. The van der Waals surface area contributed by atoms with Crippen molar-refractivity contribution in [1.29, 1.82) is 0 Å². The highest BCUT2D eigenvalue weighted by Gasteiger charge is 2.48. The molecule has 0 bridgehead atoms. The van der Waals surface area contributed by atoms with E-state index in [-0.39, 0.29) is 40.9 Å². The van der Waals surface area contributed by atoms with Crippen LogP contribution in [0.4, 0.5) is 4.79 Å². The van der Waals surface area contributed by atoms with Gasteiger partial charge in [-0.2, -0.15) is 0 Å². The summed E-state index contributed by atoms with van der Waals surface area (Å²) in [5.41, 5.74) is 4.08. The molecule has 1 aliphatic heterocycles. The summed E-state index contributed by atoms with van der Waals surface area (Å²) in [7, 11) is -3.87. The van der Waals surface area contributed by atoms with E-state index in [9.17, 15) is 32.4 Å². The number of rotatable bonds is 15. The van der Waals surface area contributed by atoms with Crippen molar-refractivity contribution in [3.8, 4) is 5.75 Å². The van der Waals surface area contributed by atoms with Gasteiger partial charge in [0.25, 0.3) is 5.91 Å². The van der Waals surface area contributed by atoms with Crippen molar-refractivity contribution in [3.05, 3.63) is 60.2 Å². The van der Waals surface area contributed by atoms with Gasteiger partial charge >= 0.3 is 6.03 Å². The molecule has 14 heteroatoms. The zero-order valence-corrected chi connectivity index (χ0v) is 35.1. The summed E-state index contributed by atoms with van der Waals surface area (Å²) in [4.78, 5) is 69.0. The van der Waals surface area contributed by atoms with E-state index in [0.717, 1.165) is 37.7 Å². The number of nitrogens with zero attached hydrogens (tertiary/aromatic N) is 1. The number of primary amides is 1. The van der Waals surface area contributed by atoms with Crippen LogP contribution in [0.2, 0.25) is 0 Å². The molecule has 2 aliphatic carbocycles.